The van der Waals surface area contributed by atoms with Crippen molar-refractivity contribution in [3.05, 3.63) is 60.2 Å². The second-order valence-electron chi connectivity index (χ2n) is 5.98. The summed E-state index contributed by atoms with van der Waals surface area (Å²) in [7, 11) is 4.19. The third-order valence-corrected chi connectivity index (χ3v) is 3.59. The summed E-state index contributed by atoms with van der Waals surface area (Å²) in [5.74, 6) is 0.789. The van der Waals surface area contributed by atoms with Crippen LogP contribution in [-0.4, -0.2) is 38.5 Å². The molecule has 0 amide bonds. The topological polar surface area (TPSA) is 29.5 Å². The fraction of sp³-hybridized carbons (Fsp3) is 0.333. The molecule has 0 spiro atoms. The molecule has 0 bridgehead atoms. The first kappa shape index (κ1) is 15.5. The van der Waals surface area contributed by atoms with E-state index in [1.165, 1.54) is 11.3 Å². The van der Waals surface area contributed by atoms with Crippen LogP contribution in [0.2, 0.25) is 0 Å². The maximum atomic E-state index is 10.2. The van der Waals surface area contributed by atoms with E-state index in [1.54, 1.807) is 0 Å². The summed E-state index contributed by atoms with van der Waals surface area (Å²) >= 11 is 0. The summed E-state index contributed by atoms with van der Waals surface area (Å²) in [6.45, 7) is 2.99. The summed E-state index contributed by atoms with van der Waals surface area (Å²) in [5.41, 5.74) is 2.42. The van der Waals surface area contributed by atoms with Crippen molar-refractivity contribution in [1.29, 1.82) is 0 Å². The molecule has 112 valence electrons. The van der Waals surface area contributed by atoms with Crippen LogP contribution >= 0.6 is 0 Å². The summed E-state index contributed by atoms with van der Waals surface area (Å²) in [5, 5.41) is 10.2. The second kappa shape index (κ2) is 6.74. The van der Waals surface area contributed by atoms with Gasteiger partial charge in [-0.15, -0.1) is 0 Å². The molecule has 0 fully saturated rings. The third kappa shape index (κ3) is 4.59. The number of aliphatic hydroxyl groups excluding tert-OH is 1. The lowest BCUT2D eigenvalue weighted by Crippen LogP contribution is -2.47. The zero-order valence-corrected chi connectivity index (χ0v) is 13.0. The van der Waals surface area contributed by atoms with Crippen molar-refractivity contribution < 1.29 is 9.84 Å². The van der Waals surface area contributed by atoms with Crippen molar-refractivity contribution in [3.8, 4) is 5.75 Å². The van der Waals surface area contributed by atoms with Crippen molar-refractivity contribution in [2.45, 2.75) is 13.0 Å². The Morgan fingerprint density at radius 3 is 2.24 bits per heavy atom. The van der Waals surface area contributed by atoms with Crippen LogP contribution in [0.5, 0.6) is 5.75 Å². The normalized spacial score (nSPS) is 13.0. The molecule has 0 aliphatic carbocycles. The summed E-state index contributed by atoms with van der Waals surface area (Å²) in [6, 6.07) is 18.0. The number of nitrogens with zero attached hydrogens (tertiary/aromatic N) is 1. The number of ether oxygens (including phenoxy) is 1. The van der Waals surface area contributed by atoms with E-state index < -0.39 is 6.10 Å². The summed E-state index contributed by atoms with van der Waals surface area (Å²) in [4.78, 5) is 0. The van der Waals surface area contributed by atoms with Crippen LogP contribution in [0.1, 0.15) is 5.56 Å². The number of aliphatic hydroxyl groups is 1. The predicted molar refractivity (Wildman–Crippen MR) is 87.6 cm³/mol. The quantitative estimate of drug-likeness (QED) is 0.827. The van der Waals surface area contributed by atoms with Gasteiger partial charge in [-0.25, -0.2) is 0 Å². The van der Waals surface area contributed by atoms with Crippen LogP contribution in [0.25, 0.3) is 0 Å². The first-order valence-electron chi connectivity index (χ1n) is 7.23. The Labute approximate surface area is 127 Å². The Hall–Kier alpha value is -1.84. The minimum absolute atomic E-state index is 0.303. The molecular weight excluding hydrogens is 262 g/mol. The molecule has 0 saturated heterocycles. The van der Waals surface area contributed by atoms with E-state index in [9.17, 15) is 5.11 Å². The molecule has 21 heavy (non-hydrogen) atoms. The van der Waals surface area contributed by atoms with Gasteiger partial charge in [0.05, 0.1) is 14.1 Å². The van der Waals surface area contributed by atoms with Crippen LogP contribution in [-0.2, 0) is 0 Å². The fourth-order valence-electron chi connectivity index (χ4n) is 2.34. The smallest absolute Gasteiger partial charge is 0.137 e. The van der Waals surface area contributed by atoms with Gasteiger partial charge in [0.25, 0.3) is 0 Å². The maximum absolute atomic E-state index is 10.2. The molecule has 0 aliphatic rings. The average Bonchev–Trinajstić information content (AvgIpc) is 2.46. The number of para-hydroxylation sites is 1. The second-order valence-corrected chi connectivity index (χ2v) is 5.98. The molecule has 1 atom stereocenters. The van der Waals surface area contributed by atoms with Gasteiger partial charge in [-0.05, 0) is 31.2 Å². The number of aryl methyl sites for hydroxylation is 1. The van der Waals surface area contributed by atoms with Gasteiger partial charge in [0, 0.05) is 0 Å². The molecule has 0 heterocycles. The van der Waals surface area contributed by atoms with Crippen molar-refractivity contribution in [2.75, 3.05) is 27.2 Å². The molecule has 2 aromatic rings. The minimum atomic E-state index is -0.512. The Morgan fingerprint density at radius 1 is 1.00 bits per heavy atom. The summed E-state index contributed by atoms with van der Waals surface area (Å²) < 4.78 is 6.23. The van der Waals surface area contributed by atoms with E-state index >= 15 is 0 Å². The first-order chi connectivity index (χ1) is 9.97. The molecule has 2 rings (SSSR count). The first-order valence-corrected chi connectivity index (χ1v) is 7.23. The van der Waals surface area contributed by atoms with Gasteiger partial charge in [0.15, 0.2) is 0 Å². The molecule has 2 aromatic carbocycles. The largest absolute Gasteiger partial charge is 0.491 e. The number of rotatable bonds is 6. The SMILES string of the molecule is Cc1ccc([N+](C)(C)CC(O)COc2ccccc2)cc1. The van der Waals surface area contributed by atoms with E-state index in [2.05, 4.69) is 45.3 Å². The van der Waals surface area contributed by atoms with Crippen molar-refractivity contribution in [3.63, 3.8) is 0 Å². The molecule has 0 radical (unpaired) electrons. The standard InChI is InChI=1S/C18H24NO2/c1-15-9-11-16(12-10-15)19(2,3)13-17(20)14-21-18-7-5-4-6-8-18/h4-12,17,20H,13-14H2,1-3H3/q+1. The Bertz CT molecular complexity index is 549. The number of benzene rings is 2. The zero-order valence-electron chi connectivity index (χ0n) is 13.0. The molecular formula is C18H24NO2+. The lowest BCUT2D eigenvalue weighted by molar-refractivity contribution is 0.0840. The van der Waals surface area contributed by atoms with Crippen LogP contribution in [0.3, 0.4) is 0 Å². The number of hydrogen-bond acceptors (Lipinski definition) is 2. The Balaban J connectivity index is 1.91. The third-order valence-electron chi connectivity index (χ3n) is 3.59. The van der Waals surface area contributed by atoms with E-state index in [4.69, 9.17) is 4.74 Å². The van der Waals surface area contributed by atoms with Crippen molar-refractivity contribution in [2.24, 2.45) is 0 Å². The number of hydrogen-bond donors (Lipinski definition) is 1. The highest BCUT2D eigenvalue weighted by Crippen LogP contribution is 2.20. The van der Waals surface area contributed by atoms with Gasteiger partial charge in [-0.3, -0.25) is 4.48 Å². The van der Waals surface area contributed by atoms with E-state index in [-0.39, 0.29) is 0 Å². The molecule has 0 saturated carbocycles. The zero-order chi connectivity index (χ0) is 15.3. The molecule has 0 aromatic heterocycles. The number of likely N-dealkylation sites (N-methyl/N-ethyl adjacent to an activating group) is 1. The number of quaternary nitrogens is 1. The predicted octanol–water partition coefficient (Wildman–Crippen LogP) is 3.00. The van der Waals surface area contributed by atoms with E-state index in [0.717, 1.165) is 5.75 Å². The maximum Gasteiger partial charge on any atom is 0.137 e. The average molecular weight is 286 g/mol. The van der Waals surface area contributed by atoms with E-state index in [0.29, 0.717) is 17.6 Å². The molecule has 0 aliphatic heterocycles. The molecule has 3 heteroatoms. The van der Waals surface area contributed by atoms with Crippen molar-refractivity contribution in [1.82, 2.24) is 4.48 Å². The highest BCUT2D eigenvalue weighted by molar-refractivity contribution is 5.43. The van der Waals surface area contributed by atoms with Gasteiger partial charge in [0.1, 0.15) is 30.7 Å². The van der Waals surface area contributed by atoms with Crippen LogP contribution in [0.4, 0.5) is 5.69 Å². The molecule has 1 unspecified atom stereocenters. The van der Waals surface area contributed by atoms with Crippen LogP contribution in [0, 0.1) is 6.92 Å². The van der Waals surface area contributed by atoms with Gasteiger partial charge in [0.2, 0.25) is 0 Å². The molecule has 1 N–H and O–H groups in total. The highest BCUT2D eigenvalue weighted by Gasteiger charge is 2.23. The Kier molecular flexibility index (Phi) is 4.99. The molecule has 3 nitrogen and oxygen atoms in total. The minimum Gasteiger partial charge on any atom is -0.491 e. The Morgan fingerprint density at radius 2 is 1.62 bits per heavy atom. The van der Waals surface area contributed by atoms with Crippen LogP contribution in [0.15, 0.2) is 54.6 Å². The monoisotopic (exact) mass is 286 g/mol. The van der Waals surface area contributed by atoms with Crippen molar-refractivity contribution >= 4 is 5.69 Å². The van der Waals surface area contributed by atoms with Gasteiger partial charge in [-0.1, -0.05) is 35.9 Å². The fourth-order valence-corrected chi connectivity index (χ4v) is 2.34. The van der Waals surface area contributed by atoms with Gasteiger partial charge >= 0.3 is 0 Å². The highest BCUT2D eigenvalue weighted by atomic mass is 16.5. The lowest BCUT2D eigenvalue weighted by atomic mass is 10.2. The summed E-state index contributed by atoms with van der Waals surface area (Å²) in [6.07, 6.45) is -0.512. The van der Waals surface area contributed by atoms with Crippen LogP contribution < -0.4 is 9.22 Å². The lowest BCUT2D eigenvalue weighted by Gasteiger charge is -2.31. The van der Waals surface area contributed by atoms with Gasteiger partial charge in [-0.2, -0.15) is 0 Å². The van der Waals surface area contributed by atoms with E-state index in [1.807, 2.05) is 30.3 Å². The van der Waals surface area contributed by atoms with Gasteiger partial charge < -0.3 is 9.84 Å².